The standard InChI is InChI=1S/C14H17N3O2/c1-9(2)14(18)15-8-12-16-13(17-19-12)11-7-5-4-6-10(11)3/h4-7,9H,8H2,1-3H3,(H,15,18). The predicted molar refractivity (Wildman–Crippen MR) is 71.2 cm³/mol. The quantitative estimate of drug-likeness (QED) is 0.914. The zero-order valence-electron chi connectivity index (χ0n) is 11.3. The van der Waals surface area contributed by atoms with Gasteiger partial charge >= 0.3 is 0 Å². The highest BCUT2D eigenvalue weighted by molar-refractivity contribution is 5.77. The molecule has 2 aromatic rings. The van der Waals surface area contributed by atoms with Gasteiger partial charge in [-0.15, -0.1) is 0 Å². The fourth-order valence-electron chi connectivity index (χ4n) is 1.63. The minimum absolute atomic E-state index is 0.0318. The van der Waals surface area contributed by atoms with Crippen molar-refractivity contribution in [3.05, 3.63) is 35.7 Å². The van der Waals surface area contributed by atoms with Gasteiger partial charge in [-0.1, -0.05) is 43.3 Å². The van der Waals surface area contributed by atoms with Crippen molar-refractivity contribution in [3.8, 4) is 11.4 Å². The van der Waals surface area contributed by atoms with Gasteiger partial charge in [-0.3, -0.25) is 4.79 Å². The SMILES string of the molecule is Cc1ccccc1-c1noc(CNC(=O)C(C)C)n1. The lowest BCUT2D eigenvalue weighted by atomic mass is 10.1. The molecule has 5 nitrogen and oxygen atoms in total. The molecule has 0 fully saturated rings. The zero-order valence-corrected chi connectivity index (χ0v) is 11.3. The summed E-state index contributed by atoms with van der Waals surface area (Å²) in [7, 11) is 0. The Hall–Kier alpha value is -2.17. The highest BCUT2D eigenvalue weighted by atomic mass is 16.5. The molecule has 1 N–H and O–H groups in total. The molecule has 0 bridgehead atoms. The molecule has 0 saturated carbocycles. The highest BCUT2D eigenvalue weighted by Crippen LogP contribution is 2.19. The summed E-state index contributed by atoms with van der Waals surface area (Å²) in [5.74, 6) is 0.869. The van der Waals surface area contributed by atoms with Crippen molar-refractivity contribution in [1.29, 1.82) is 0 Å². The molecule has 1 aromatic carbocycles. The van der Waals surface area contributed by atoms with E-state index >= 15 is 0 Å². The predicted octanol–water partition coefficient (Wildman–Crippen LogP) is 2.32. The largest absolute Gasteiger partial charge is 0.347 e. The number of amides is 1. The summed E-state index contributed by atoms with van der Waals surface area (Å²) >= 11 is 0. The first-order valence-electron chi connectivity index (χ1n) is 6.24. The van der Waals surface area contributed by atoms with Crippen LogP contribution in [0.3, 0.4) is 0 Å². The third-order valence-electron chi connectivity index (χ3n) is 2.79. The first-order chi connectivity index (χ1) is 9.08. The van der Waals surface area contributed by atoms with Crippen molar-refractivity contribution in [2.45, 2.75) is 27.3 Å². The summed E-state index contributed by atoms with van der Waals surface area (Å²) in [4.78, 5) is 15.7. The molecule has 0 aliphatic rings. The Morgan fingerprint density at radius 1 is 1.37 bits per heavy atom. The van der Waals surface area contributed by atoms with Crippen LogP contribution in [0, 0.1) is 12.8 Å². The summed E-state index contributed by atoms with van der Waals surface area (Å²) < 4.78 is 5.13. The Labute approximate surface area is 112 Å². The number of aromatic nitrogens is 2. The van der Waals surface area contributed by atoms with E-state index in [4.69, 9.17) is 4.52 Å². The number of hydrogen-bond acceptors (Lipinski definition) is 4. The van der Waals surface area contributed by atoms with Crippen molar-refractivity contribution < 1.29 is 9.32 Å². The molecule has 1 aromatic heterocycles. The fraction of sp³-hybridized carbons (Fsp3) is 0.357. The maximum absolute atomic E-state index is 11.4. The van der Waals surface area contributed by atoms with E-state index in [2.05, 4.69) is 15.5 Å². The maximum atomic E-state index is 11.4. The van der Waals surface area contributed by atoms with Gasteiger partial charge in [-0.05, 0) is 12.5 Å². The minimum Gasteiger partial charge on any atom is -0.347 e. The lowest BCUT2D eigenvalue weighted by Crippen LogP contribution is -2.27. The van der Waals surface area contributed by atoms with E-state index in [1.54, 1.807) is 0 Å². The third-order valence-corrected chi connectivity index (χ3v) is 2.79. The molecule has 0 atom stereocenters. The second-order valence-electron chi connectivity index (χ2n) is 4.70. The fourth-order valence-corrected chi connectivity index (χ4v) is 1.63. The number of benzene rings is 1. The number of nitrogens with zero attached hydrogens (tertiary/aromatic N) is 2. The van der Waals surface area contributed by atoms with E-state index < -0.39 is 0 Å². The van der Waals surface area contributed by atoms with Gasteiger partial charge in [0.25, 0.3) is 0 Å². The van der Waals surface area contributed by atoms with Crippen LogP contribution in [0.15, 0.2) is 28.8 Å². The second-order valence-corrected chi connectivity index (χ2v) is 4.70. The molecular weight excluding hydrogens is 242 g/mol. The molecule has 100 valence electrons. The summed E-state index contributed by atoms with van der Waals surface area (Å²) in [6.45, 7) is 5.92. The Balaban J connectivity index is 2.08. The van der Waals surface area contributed by atoms with E-state index in [-0.39, 0.29) is 18.4 Å². The first kappa shape index (κ1) is 13.3. The van der Waals surface area contributed by atoms with Gasteiger partial charge in [0.15, 0.2) is 0 Å². The van der Waals surface area contributed by atoms with Crippen molar-refractivity contribution in [1.82, 2.24) is 15.5 Å². The molecular formula is C14H17N3O2. The smallest absolute Gasteiger partial charge is 0.246 e. The number of aryl methyl sites for hydroxylation is 1. The van der Waals surface area contributed by atoms with Crippen LogP contribution < -0.4 is 5.32 Å². The van der Waals surface area contributed by atoms with Crippen LogP contribution in [0.2, 0.25) is 0 Å². The van der Waals surface area contributed by atoms with Crippen LogP contribution in [0.1, 0.15) is 25.3 Å². The van der Waals surface area contributed by atoms with Gasteiger partial charge < -0.3 is 9.84 Å². The molecule has 19 heavy (non-hydrogen) atoms. The monoisotopic (exact) mass is 259 g/mol. The number of carbonyl (C=O) groups is 1. The summed E-state index contributed by atoms with van der Waals surface area (Å²) in [5, 5.41) is 6.68. The number of carbonyl (C=O) groups excluding carboxylic acids is 1. The average molecular weight is 259 g/mol. The minimum atomic E-state index is -0.0567. The van der Waals surface area contributed by atoms with Crippen LogP contribution in [-0.4, -0.2) is 16.0 Å². The average Bonchev–Trinajstić information content (AvgIpc) is 2.85. The molecule has 2 rings (SSSR count). The van der Waals surface area contributed by atoms with E-state index in [9.17, 15) is 4.79 Å². The van der Waals surface area contributed by atoms with Crippen LogP contribution in [0.4, 0.5) is 0 Å². The molecule has 1 amide bonds. The lowest BCUT2D eigenvalue weighted by Gasteiger charge is -2.03. The Morgan fingerprint density at radius 2 is 2.11 bits per heavy atom. The molecule has 0 unspecified atom stereocenters. The van der Waals surface area contributed by atoms with Crippen molar-refractivity contribution in [2.24, 2.45) is 5.92 Å². The molecule has 0 aliphatic carbocycles. The van der Waals surface area contributed by atoms with Gasteiger partial charge in [0, 0.05) is 11.5 Å². The van der Waals surface area contributed by atoms with Gasteiger partial charge in [0.2, 0.25) is 17.6 Å². The zero-order chi connectivity index (χ0) is 13.8. The Kier molecular flexibility index (Phi) is 3.94. The molecule has 1 heterocycles. The number of nitrogens with one attached hydrogen (secondary N) is 1. The van der Waals surface area contributed by atoms with Crippen molar-refractivity contribution >= 4 is 5.91 Å². The molecule has 0 radical (unpaired) electrons. The van der Waals surface area contributed by atoms with Gasteiger partial charge in [0.05, 0.1) is 6.54 Å². The summed E-state index contributed by atoms with van der Waals surface area (Å²) in [5.41, 5.74) is 2.02. The van der Waals surface area contributed by atoms with Gasteiger partial charge in [-0.2, -0.15) is 4.98 Å². The highest BCUT2D eigenvalue weighted by Gasteiger charge is 2.12. The molecule has 0 saturated heterocycles. The van der Waals surface area contributed by atoms with Crippen LogP contribution in [0.25, 0.3) is 11.4 Å². The Bertz CT molecular complexity index is 576. The van der Waals surface area contributed by atoms with E-state index in [0.717, 1.165) is 11.1 Å². The van der Waals surface area contributed by atoms with Crippen molar-refractivity contribution in [3.63, 3.8) is 0 Å². The summed E-state index contributed by atoms with van der Waals surface area (Å²) in [6.07, 6.45) is 0. The van der Waals surface area contributed by atoms with Crippen molar-refractivity contribution in [2.75, 3.05) is 0 Å². The van der Waals surface area contributed by atoms with E-state index in [0.29, 0.717) is 11.7 Å². The molecule has 0 spiro atoms. The lowest BCUT2D eigenvalue weighted by molar-refractivity contribution is -0.124. The van der Waals surface area contributed by atoms with E-state index in [1.807, 2.05) is 45.0 Å². The van der Waals surface area contributed by atoms with Crippen LogP contribution in [-0.2, 0) is 11.3 Å². The van der Waals surface area contributed by atoms with Crippen LogP contribution >= 0.6 is 0 Å². The van der Waals surface area contributed by atoms with Gasteiger partial charge in [-0.25, -0.2) is 0 Å². The Morgan fingerprint density at radius 3 is 2.79 bits per heavy atom. The summed E-state index contributed by atoms with van der Waals surface area (Å²) in [6, 6.07) is 7.82. The third kappa shape index (κ3) is 3.19. The van der Waals surface area contributed by atoms with E-state index in [1.165, 1.54) is 0 Å². The number of rotatable bonds is 4. The number of hydrogen-bond donors (Lipinski definition) is 1. The molecule has 5 heteroatoms. The maximum Gasteiger partial charge on any atom is 0.246 e. The van der Waals surface area contributed by atoms with Crippen LogP contribution in [0.5, 0.6) is 0 Å². The molecule has 0 aliphatic heterocycles. The second kappa shape index (κ2) is 5.65. The van der Waals surface area contributed by atoms with Gasteiger partial charge in [0.1, 0.15) is 0 Å². The topological polar surface area (TPSA) is 68.0 Å². The normalized spacial score (nSPS) is 10.7. The first-order valence-corrected chi connectivity index (χ1v) is 6.24.